The first-order chi connectivity index (χ1) is 13.7. The fourth-order valence-corrected chi connectivity index (χ4v) is 3.34. The maximum Gasteiger partial charge on any atom is 0.257 e. The summed E-state index contributed by atoms with van der Waals surface area (Å²) in [5.74, 6) is 1.35. The summed E-state index contributed by atoms with van der Waals surface area (Å²) >= 11 is 1.29. The minimum absolute atomic E-state index is 0.121. The summed E-state index contributed by atoms with van der Waals surface area (Å²) in [5, 5.41) is 3.03. The number of oxazole rings is 1. The third kappa shape index (κ3) is 4.35. The Bertz CT molecular complexity index is 1040. The number of nitrogens with zero attached hydrogens (tertiary/aromatic N) is 1. The first-order valence-corrected chi connectivity index (χ1v) is 9.71. The number of nitrogens with one attached hydrogen (secondary N) is 1. The summed E-state index contributed by atoms with van der Waals surface area (Å²) in [6.07, 6.45) is 0. The molecule has 1 atom stereocenters. The molecule has 1 unspecified atom stereocenters. The van der Waals surface area contributed by atoms with Crippen LogP contribution in [0.25, 0.3) is 11.1 Å². The maximum atomic E-state index is 12.5. The van der Waals surface area contributed by atoms with E-state index in [9.17, 15) is 4.79 Å². The molecule has 0 aliphatic carbocycles. The van der Waals surface area contributed by atoms with Gasteiger partial charge in [0.15, 0.2) is 5.58 Å². The molecule has 0 saturated heterocycles. The molecule has 3 aromatic carbocycles. The molecule has 1 heterocycles. The second kappa shape index (κ2) is 8.19. The molecule has 0 saturated carbocycles. The number of hydrogen-bond acceptors (Lipinski definition) is 5. The quantitative estimate of drug-likeness (QED) is 0.425. The van der Waals surface area contributed by atoms with Crippen molar-refractivity contribution in [2.45, 2.75) is 17.4 Å². The number of ether oxygens (including phenoxy) is 1. The lowest BCUT2D eigenvalue weighted by molar-refractivity contribution is -0.115. The minimum Gasteiger partial charge on any atom is -0.457 e. The standard InChI is InChI=1S/C22H18N2O3S/c1-15(28-22-24-19-9-5-6-10-20(19)27-22)21(25)23-16-11-13-18(14-12-16)26-17-7-3-2-4-8-17/h2-15H,1H3,(H,23,25). The highest BCUT2D eigenvalue weighted by Crippen LogP contribution is 2.28. The van der Waals surface area contributed by atoms with Gasteiger partial charge in [-0.25, -0.2) is 4.98 Å². The van der Waals surface area contributed by atoms with Gasteiger partial charge in [0, 0.05) is 5.69 Å². The zero-order valence-corrected chi connectivity index (χ0v) is 16.0. The number of carbonyl (C=O) groups excluding carboxylic acids is 1. The van der Waals surface area contributed by atoms with Crippen LogP contribution in [0.3, 0.4) is 0 Å². The van der Waals surface area contributed by atoms with Gasteiger partial charge in [-0.3, -0.25) is 4.79 Å². The summed E-state index contributed by atoms with van der Waals surface area (Å²) < 4.78 is 11.4. The summed E-state index contributed by atoms with van der Waals surface area (Å²) in [4.78, 5) is 16.9. The highest BCUT2D eigenvalue weighted by atomic mass is 32.2. The van der Waals surface area contributed by atoms with E-state index in [1.807, 2.05) is 85.8 Å². The lowest BCUT2D eigenvalue weighted by Gasteiger charge is -2.11. The minimum atomic E-state index is -0.353. The molecule has 1 N–H and O–H groups in total. The molecule has 4 aromatic rings. The van der Waals surface area contributed by atoms with E-state index in [-0.39, 0.29) is 11.2 Å². The number of fused-ring (bicyclic) bond motifs is 1. The number of amides is 1. The summed E-state index contributed by atoms with van der Waals surface area (Å²) in [7, 11) is 0. The third-order valence-corrected chi connectivity index (χ3v) is 4.97. The van der Waals surface area contributed by atoms with Crippen molar-refractivity contribution in [1.82, 2.24) is 4.98 Å². The van der Waals surface area contributed by atoms with Crippen LogP contribution in [0.5, 0.6) is 11.5 Å². The van der Waals surface area contributed by atoms with E-state index in [0.717, 1.165) is 11.3 Å². The van der Waals surface area contributed by atoms with Crippen molar-refractivity contribution in [2.24, 2.45) is 0 Å². The Kier molecular flexibility index (Phi) is 5.30. The number of thioether (sulfide) groups is 1. The van der Waals surface area contributed by atoms with Crippen molar-refractivity contribution < 1.29 is 13.9 Å². The van der Waals surface area contributed by atoms with Crippen LogP contribution in [0.2, 0.25) is 0 Å². The first kappa shape index (κ1) is 18.1. The molecule has 140 valence electrons. The second-order valence-electron chi connectivity index (χ2n) is 6.14. The lowest BCUT2D eigenvalue weighted by atomic mass is 10.3. The van der Waals surface area contributed by atoms with Gasteiger partial charge in [0.2, 0.25) is 5.91 Å². The van der Waals surface area contributed by atoms with E-state index in [4.69, 9.17) is 9.15 Å². The van der Waals surface area contributed by atoms with Crippen LogP contribution in [-0.4, -0.2) is 16.1 Å². The van der Waals surface area contributed by atoms with Crippen molar-refractivity contribution in [2.75, 3.05) is 5.32 Å². The van der Waals surface area contributed by atoms with Gasteiger partial charge in [-0.15, -0.1) is 0 Å². The molecule has 0 bridgehead atoms. The molecule has 28 heavy (non-hydrogen) atoms. The Morgan fingerprint density at radius 2 is 1.64 bits per heavy atom. The van der Waals surface area contributed by atoms with Crippen LogP contribution < -0.4 is 10.1 Å². The van der Waals surface area contributed by atoms with E-state index in [1.54, 1.807) is 0 Å². The zero-order valence-electron chi connectivity index (χ0n) is 15.2. The highest BCUT2D eigenvalue weighted by molar-refractivity contribution is 8.00. The lowest BCUT2D eigenvalue weighted by Crippen LogP contribution is -2.22. The van der Waals surface area contributed by atoms with E-state index in [1.165, 1.54) is 11.8 Å². The Hall–Kier alpha value is -3.25. The molecule has 4 rings (SSSR count). The van der Waals surface area contributed by atoms with Crippen LogP contribution in [0.1, 0.15) is 6.92 Å². The fraction of sp³-hybridized carbons (Fsp3) is 0.0909. The Morgan fingerprint density at radius 3 is 2.39 bits per heavy atom. The number of aromatic nitrogens is 1. The highest BCUT2D eigenvalue weighted by Gasteiger charge is 2.18. The van der Waals surface area contributed by atoms with Gasteiger partial charge >= 0.3 is 0 Å². The van der Waals surface area contributed by atoms with Crippen LogP contribution in [0, 0.1) is 0 Å². The summed E-state index contributed by atoms with van der Waals surface area (Å²) in [6.45, 7) is 1.82. The predicted molar refractivity (Wildman–Crippen MR) is 111 cm³/mol. The Labute approximate surface area is 166 Å². The summed E-state index contributed by atoms with van der Waals surface area (Å²) in [6, 6.07) is 24.3. The van der Waals surface area contributed by atoms with Crippen molar-refractivity contribution in [3.8, 4) is 11.5 Å². The molecular formula is C22H18N2O3S. The molecule has 0 aliphatic rings. The molecule has 0 radical (unpaired) electrons. The maximum absolute atomic E-state index is 12.5. The number of carbonyl (C=O) groups is 1. The Morgan fingerprint density at radius 1 is 0.964 bits per heavy atom. The van der Waals surface area contributed by atoms with Crippen molar-refractivity contribution in [1.29, 1.82) is 0 Å². The van der Waals surface area contributed by atoms with Crippen LogP contribution >= 0.6 is 11.8 Å². The third-order valence-electron chi connectivity index (χ3n) is 4.02. The molecule has 6 heteroatoms. The van der Waals surface area contributed by atoms with Gasteiger partial charge in [0.05, 0.1) is 5.25 Å². The van der Waals surface area contributed by atoms with Gasteiger partial charge < -0.3 is 14.5 Å². The molecule has 0 fully saturated rings. The zero-order chi connectivity index (χ0) is 19.3. The number of hydrogen-bond donors (Lipinski definition) is 1. The Balaban J connectivity index is 1.35. The SMILES string of the molecule is CC(Sc1nc2ccccc2o1)C(=O)Nc1ccc(Oc2ccccc2)cc1. The molecule has 1 amide bonds. The predicted octanol–water partition coefficient (Wildman–Crippen LogP) is 5.74. The number of anilines is 1. The molecule has 1 aromatic heterocycles. The normalized spacial score (nSPS) is 11.9. The topological polar surface area (TPSA) is 64.4 Å². The number of benzene rings is 3. The second-order valence-corrected chi connectivity index (χ2v) is 7.43. The number of rotatable bonds is 6. The van der Waals surface area contributed by atoms with Crippen LogP contribution in [0.4, 0.5) is 5.69 Å². The van der Waals surface area contributed by atoms with Gasteiger partial charge in [0.25, 0.3) is 5.22 Å². The monoisotopic (exact) mass is 390 g/mol. The first-order valence-electron chi connectivity index (χ1n) is 8.83. The van der Waals surface area contributed by atoms with E-state index >= 15 is 0 Å². The molecular weight excluding hydrogens is 372 g/mol. The van der Waals surface area contributed by atoms with Crippen molar-refractivity contribution in [3.05, 3.63) is 78.9 Å². The van der Waals surface area contributed by atoms with Gasteiger partial charge in [-0.05, 0) is 55.5 Å². The molecule has 0 spiro atoms. The van der Waals surface area contributed by atoms with Crippen molar-refractivity contribution >= 4 is 34.5 Å². The van der Waals surface area contributed by atoms with Crippen molar-refractivity contribution in [3.63, 3.8) is 0 Å². The molecule has 0 aliphatic heterocycles. The van der Waals surface area contributed by atoms with E-state index in [0.29, 0.717) is 22.2 Å². The van der Waals surface area contributed by atoms with Crippen LogP contribution in [-0.2, 0) is 4.79 Å². The number of para-hydroxylation sites is 3. The van der Waals surface area contributed by atoms with E-state index in [2.05, 4.69) is 10.3 Å². The largest absolute Gasteiger partial charge is 0.457 e. The van der Waals surface area contributed by atoms with Gasteiger partial charge in [-0.1, -0.05) is 42.1 Å². The molecule has 5 nitrogen and oxygen atoms in total. The van der Waals surface area contributed by atoms with Gasteiger partial charge in [0.1, 0.15) is 17.0 Å². The van der Waals surface area contributed by atoms with Crippen LogP contribution in [0.15, 0.2) is 88.5 Å². The van der Waals surface area contributed by atoms with E-state index < -0.39 is 0 Å². The summed E-state index contributed by atoms with van der Waals surface area (Å²) in [5.41, 5.74) is 2.20. The van der Waals surface area contributed by atoms with Gasteiger partial charge in [-0.2, -0.15) is 0 Å². The smallest absolute Gasteiger partial charge is 0.257 e. The average Bonchev–Trinajstić information content (AvgIpc) is 3.12. The average molecular weight is 390 g/mol. The fourth-order valence-electron chi connectivity index (χ4n) is 2.58.